The molecule has 3 rings (SSSR count). The molecule has 2 aromatic carbocycles. The number of anilines is 1. The Morgan fingerprint density at radius 3 is 2.64 bits per heavy atom. The standard InChI is InChI=1S/C22H27N3O3/c1-16-7-6-10-19(17(16)2)24-22(27)21(26)23-11-12-25-13-14-28-20(15-25)18-8-4-3-5-9-18/h3-10,20H,11-15H2,1-2H3,(H,23,26)(H,24,27). The number of benzene rings is 2. The normalized spacial score (nSPS) is 17.1. The first kappa shape index (κ1) is 20.0. The molecule has 2 N–H and O–H groups in total. The maximum Gasteiger partial charge on any atom is 0.313 e. The molecule has 1 unspecified atom stereocenters. The Balaban J connectivity index is 1.44. The van der Waals surface area contributed by atoms with Crippen molar-refractivity contribution < 1.29 is 14.3 Å². The van der Waals surface area contributed by atoms with Gasteiger partial charge < -0.3 is 15.4 Å². The average Bonchev–Trinajstić information content (AvgIpc) is 2.72. The highest BCUT2D eigenvalue weighted by molar-refractivity contribution is 6.39. The van der Waals surface area contributed by atoms with Gasteiger partial charge in [-0.15, -0.1) is 0 Å². The van der Waals surface area contributed by atoms with E-state index in [0.717, 1.165) is 29.8 Å². The summed E-state index contributed by atoms with van der Waals surface area (Å²) in [6.45, 7) is 7.22. The van der Waals surface area contributed by atoms with Crippen LogP contribution in [0.4, 0.5) is 5.69 Å². The highest BCUT2D eigenvalue weighted by Crippen LogP contribution is 2.21. The van der Waals surface area contributed by atoms with Crippen molar-refractivity contribution in [1.82, 2.24) is 10.2 Å². The summed E-state index contributed by atoms with van der Waals surface area (Å²) in [6, 6.07) is 15.8. The van der Waals surface area contributed by atoms with Crippen LogP contribution < -0.4 is 10.6 Å². The van der Waals surface area contributed by atoms with Gasteiger partial charge in [0.1, 0.15) is 0 Å². The number of ether oxygens (including phenoxy) is 1. The van der Waals surface area contributed by atoms with E-state index in [1.54, 1.807) is 6.07 Å². The zero-order valence-electron chi connectivity index (χ0n) is 16.4. The van der Waals surface area contributed by atoms with E-state index in [1.165, 1.54) is 0 Å². The first-order valence-electron chi connectivity index (χ1n) is 9.59. The first-order valence-corrected chi connectivity index (χ1v) is 9.59. The van der Waals surface area contributed by atoms with Crippen molar-refractivity contribution in [2.24, 2.45) is 0 Å². The fourth-order valence-corrected chi connectivity index (χ4v) is 3.25. The highest BCUT2D eigenvalue weighted by atomic mass is 16.5. The summed E-state index contributed by atoms with van der Waals surface area (Å²) < 4.78 is 5.85. The monoisotopic (exact) mass is 381 g/mol. The van der Waals surface area contributed by atoms with Crippen LogP contribution >= 0.6 is 0 Å². The van der Waals surface area contributed by atoms with Crippen LogP contribution in [0.25, 0.3) is 0 Å². The third kappa shape index (κ3) is 5.18. The van der Waals surface area contributed by atoms with Gasteiger partial charge in [-0.25, -0.2) is 0 Å². The number of aryl methyl sites for hydroxylation is 1. The van der Waals surface area contributed by atoms with Crippen molar-refractivity contribution in [1.29, 1.82) is 0 Å². The third-order valence-electron chi connectivity index (χ3n) is 5.09. The van der Waals surface area contributed by atoms with Crippen LogP contribution in [-0.4, -0.2) is 49.5 Å². The van der Waals surface area contributed by atoms with Crippen molar-refractivity contribution in [3.8, 4) is 0 Å². The smallest absolute Gasteiger partial charge is 0.313 e. The SMILES string of the molecule is Cc1cccc(NC(=O)C(=O)NCCN2CCOC(c3ccccc3)C2)c1C. The summed E-state index contributed by atoms with van der Waals surface area (Å²) in [4.78, 5) is 26.5. The van der Waals surface area contributed by atoms with Crippen LogP contribution in [0.5, 0.6) is 0 Å². The van der Waals surface area contributed by atoms with E-state index in [4.69, 9.17) is 4.74 Å². The largest absolute Gasteiger partial charge is 0.371 e. The van der Waals surface area contributed by atoms with E-state index in [0.29, 0.717) is 25.4 Å². The predicted octanol–water partition coefficient (Wildman–Crippen LogP) is 2.43. The van der Waals surface area contributed by atoms with E-state index < -0.39 is 11.8 Å². The molecule has 0 aromatic heterocycles. The molecule has 6 heteroatoms. The number of carbonyl (C=O) groups excluding carboxylic acids is 2. The van der Waals surface area contributed by atoms with E-state index in [1.807, 2.05) is 44.2 Å². The van der Waals surface area contributed by atoms with Gasteiger partial charge in [0, 0.05) is 31.9 Å². The van der Waals surface area contributed by atoms with Gasteiger partial charge in [-0.1, -0.05) is 42.5 Å². The quantitative estimate of drug-likeness (QED) is 0.781. The van der Waals surface area contributed by atoms with E-state index in [2.05, 4.69) is 27.7 Å². The average molecular weight is 381 g/mol. The molecule has 0 radical (unpaired) electrons. The molecule has 0 bridgehead atoms. The predicted molar refractivity (Wildman–Crippen MR) is 109 cm³/mol. The van der Waals surface area contributed by atoms with Crippen molar-refractivity contribution >= 4 is 17.5 Å². The van der Waals surface area contributed by atoms with Gasteiger partial charge in [0.05, 0.1) is 12.7 Å². The topological polar surface area (TPSA) is 70.7 Å². The lowest BCUT2D eigenvalue weighted by atomic mass is 10.1. The lowest BCUT2D eigenvalue weighted by Crippen LogP contribution is -2.44. The summed E-state index contributed by atoms with van der Waals surface area (Å²) in [7, 11) is 0. The summed E-state index contributed by atoms with van der Waals surface area (Å²) in [5.41, 5.74) is 3.85. The maximum absolute atomic E-state index is 12.1. The number of carbonyl (C=O) groups is 2. The highest BCUT2D eigenvalue weighted by Gasteiger charge is 2.22. The second-order valence-electron chi connectivity index (χ2n) is 7.03. The number of nitrogens with zero attached hydrogens (tertiary/aromatic N) is 1. The van der Waals surface area contributed by atoms with Gasteiger partial charge in [-0.2, -0.15) is 0 Å². The Morgan fingerprint density at radius 2 is 1.86 bits per heavy atom. The first-order chi connectivity index (χ1) is 13.5. The molecule has 1 fully saturated rings. The van der Waals surface area contributed by atoms with Gasteiger partial charge in [-0.3, -0.25) is 14.5 Å². The molecule has 28 heavy (non-hydrogen) atoms. The molecule has 0 saturated carbocycles. The summed E-state index contributed by atoms with van der Waals surface area (Å²) >= 11 is 0. The molecule has 2 amide bonds. The second kappa shape index (κ2) is 9.48. The molecule has 6 nitrogen and oxygen atoms in total. The van der Waals surface area contributed by atoms with Gasteiger partial charge in [0.25, 0.3) is 0 Å². The second-order valence-corrected chi connectivity index (χ2v) is 7.03. The molecule has 148 valence electrons. The van der Waals surface area contributed by atoms with Crippen LogP contribution in [0.1, 0.15) is 22.8 Å². The van der Waals surface area contributed by atoms with Gasteiger partial charge in [-0.05, 0) is 36.6 Å². The van der Waals surface area contributed by atoms with Crippen molar-refractivity contribution in [2.45, 2.75) is 20.0 Å². The lowest BCUT2D eigenvalue weighted by molar-refractivity contribution is -0.136. The molecule has 1 heterocycles. The van der Waals surface area contributed by atoms with Crippen LogP contribution in [-0.2, 0) is 14.3 Å². The van der Waals surface area contributed by atoms with Crippen LogP contribution in [0.2, 0.25) is 0 Å². The Kier molecular flexibility index (Phi) is 6.79. The van der Waals surface area contributed by atoms with Crippen molar-refractivity contribution in [3.05, 3.63) is 65.2 Å². The minimum atomic E-state index is -0.641. The molecular weight excluding hydrogens is 354 g/mol. The number of morpholine rings is 1. The lowest BCUT2D eigenvalue weighted by Gasteiger charge is -2.33. The number of amides is 2. The Bertz CT molecular complexity index is 823. The third-order valence-corrected chi connectivity index (χ3v) is 5.09. The number of hydrogen-bond acceptors (Lipinski definition) is 4. The molecular formula is C22H27N3O3. The molecule has 1 saturated heterocycles. The van der Waals surface area contributed by atoms with E-state index >= 15 is 0 Å². The fraction of sp³-hybridized carbons (Fsp3) is 0.364. The van der Waals surface area contributed by atoms with Crippen molar-refractivity contribution in [2.75, 3.05) is 38.1 Å². The zero-order chi connectivity index (χ0) is 19.9. The van der Waals surface area contributed by atoms with Gasteiger partial charge in [0.2, 0.25) is 0 Å². The molecule has 0 spiro atoms. The van der Waals surface area contributed by atoms with E-state index in [9.17, 15) is 9.59 Å². The van der Waals surface area contributed by atoms with Gasteiger partial charge in [0.15, 0.2) is 0 Å². The van der Waals surface area contributed by atoms with Gasteiger partial charge >= 0.3 is 11.8 Å². The molecule has 0 aliphatic carbocycles. The van der Waals surface area contributed by atoms with Crippen LogP contribution in [0.3, 0.4) is 0 Å². The Morgan fingerprint density at radius 1 is 1.07 bits per heavy atom. The summed E-state index contributed by atoms with van der Waals surface area (Å²) in [5, 5.41) is 5.39. The maximum atomic E-state index is 12.1. The number of nitrogens with one attached hydrogen (secondary N) is 2. The fourth-order valence-electron chi connectivity index (χ4n) is 3.25. The molecule has 2 aromatic rings. The number of rotatable bonds is 5. The molecule has 1 aliphatic rings. The van der Waals surface area contributed by atoms with E-state index in [-0.39, 0.29) is 6.10 Å². The minimum Gasteiger partial charge on any atom is -0.371 e. The Hall–Kier alpha value is -2.70. The Labute approximate surface area is 165 Å². The summed E-state index contributed by atoms with van der Waals surface area (Å²) in [5.74, 6) is -1.26. The molecule has 1 aliphatic heterocycles. The minimum absolute atomic E-state index is 0.0400. The molecule has 1 atom stereocenters. The van der Waals surface area contributed by atoms with Crippen LogP contribution in [0.15, 0.2) is 48.5 Å². The zero-order valence-corrected chi connectivity index (χ0v) is 16.4. The van der Waals surface area contributed by atoms with Crippen molar-refractivity contribution in [3.63, 3.8) is 0 Å². The number of hydrogen-bond donors (Lipinski definition) is 2. The summed E-state index contributed by atoms with van der Waals surface area (Å²) in [6.07, 6.45) is 0.0400. The van der Waals surface area contributed by atoms with Crippen LogP contribution in [0, 0.1) is 13.8 Å².